The summed E-state index contributed by atoms with van der Waals surface area (Å²) in [5.41, 5.74) is 0.633. The molecular weight excluding hydrogens is 315 g/mol. The van der Waals surface area contributed by atoms with Crippen molar-refractivity contribution in [1.82, 2.24) is 0 Å². The Hall–Kier alpha value is -1.04. The normalized spacial score (nSPS) is 11.9. The molecule has 3 nitrogen and oxygen atoms in total. The van der Waals surface area contributed by atoms with E-state index in [1.165, 1.54) is 0 Å². The molecule has 3 aromatic rings. The molecule has 110 valence electrons. The first-order chi connectivity index (χ1) is 10.6. The molecule has 0 aromatic heterocycles. The molecule has 0 aliphatic rings. The van der Waals surface area contributed by atoms with Crippen molar-refractivity contribution in [3.8, 4) is 0 Å². The number of benzene rings is 2. The summed E-state index contributed by atoms with van der Waals surface area (Å²) in [6.07, 6.45) is 0.457. The Balaban J connectivity index is 0.00000192. The van der Waals surface area contributed by atoms with Crippen LogP contribution < -0.4 is 61.9 Å². The minimum absolute atomic E-state index is 0. The van der Waals surface area contributed by atoms with Crippen LogP contribution in [-0.2, 0) is 4.79 Å². The molecule has 0 radical (unpaired) electrons. The third-order valence-corrected chi connectivity index (χ3v) is 4.06. The summed E-state index contributed by atoms with van der Waals surface area (Å²) in [4.78, 5) is 23.9. The van der Waals surface area contributed by atoms with Crippen LogP contribution in [0.15, 0.2) is 59.4 Å². The van der Waals surface area contributed by atoms with Gasteiger partial charge in [0.15, 0.2) is 5.43 Å². The van der Waals surface area contributed by atoms with Crippen molar-refractivity contribution in [2.75, 3.05) is 0 Å². The van der Waals surface area contributed by atoms with E-state index in [0.717, 1.165) is 10.8 Å². The maximum absolute atomic E-state index is 12.6. The van der Waals surface area contributed by atoms with Gasteiger partial charge in [0, 0.05) is 22.7 Å². The van der Waals surface area contributed by atoms with Crippen molar-refractivity contribution in [1.29, 1.82) is 0 Å². The Bertz CT molecular complexity index is 934. The van der Waals surface area contributed by atoms with Crippen LogP contribution in [-0.4, -0.2) is 5.97 Å². The van der Waals surface area contributed by atoms with Crippen LogP contribution in [0.5, 0.6) is 0 Å². The standard InChI is InChI=1S/C19H16O3.K/c1-2-15(19(21)22)13-9-10-17-14(11-13)8-7-12-5-3-4-6-16(12)18(17)20;/h3-11,15H,2H2,1H3,(H,21,22);/q;+1/p-1. The molecular formula is C19H15KO3. The molecule has 0 amide bonds. The second kappa shape index (κ2) is 7.68. The molecule has 3 rings (SSSR count). The van der Waals surface area contributed by atoms with Gasteiger partial charge in [0.1, 0.15) is 0 Å². The molecule has 1 atom stereocenters. The van der Waals surface area contributed by atoms with Crippen LogP contribution in [0, 0.1) is 0 Å². The van der Waals surface area contributed by atoms with Gasteiger partial charge in [0.05, 0.1) is 0 Å². The van der Waals surface area contributed by atoms with Gasteiger partial charge in [-0.1, -0.05) is 61.5 Å². The van der Waals surface area contributed by atoms with Crippen LogP contribution in [0.1, 0.15) is 24.8 Å². The molecule has 0 spiro atoms. The summed E-state index contributed by atoms with van der Waals surface area (Å²) in [5, 5.41) is 14.1. The fraction of sp³-hybridized carbons (Fsp3) is 0.158. The average Bonchev–Trinajstić information content (AvgIpc) is 2.66. The van der Waals surface area contributed by atoms with E-state index in [1.54, 1.807) is 24.3 Å². The first-order valence-corrected chi connectivity index (χ1v) is 7.28. The summed E-state index contributed by atoms with van der Waals surface area (Å²) < 4.78 is 0. The van der Waals surface area contributed by atoms with Crippen molar-refractivity contribution < 1.29 is 61.3 Å². The molecule has 3 aromatic carbocycles. The molecule has 0 saturated carbocycles. The third-order valence-electron chi connectivity index (χ3n) is 4.06. The Labute approximate surface area is 176 Å². The largest absolute Gasteiger partial charge is 1.00 e. The molecule has 0 fully saturated rings. The van der Waals surface area contributed by atoms with E-state index in [2.05, 4.69) is 0 Å². The van der Waals surface area contributed by atoms with Gasteiger partial charge in [-0.2, -0.15) is 0 Å². The van der Waals surface area contributed by atoms with E-state index in [9.17, 15) is 14.7 Å². The number of carboxylic acids is 1. The molecule has 0 heterocycles. The molecule has 0 aliphatic carbocycles. The number of carbonyl (C=O) groups is 1. The van der Waals surface area contributed by atoms with Crippen molar-refractivity contribution in [3.05, 3.63) is 70.4 Å². The first kappa shape index (κ1) is 18.3. The zero-order chi connectivity index (χ0) is 15.7. The zero-order valence-corrected chi connectivity index (χ0v) is 16.3. The van der Waals surface area contributed by atoms with Gasteiger partial charge in [-0.15, -0.1) is 0 Å². The van der Waals surface area contributed by atoms with Crippen LogP contribution in [0.2, 0.25) is 0 Å². The maximum Gasteiger partial charge on any atom is 1.00 e. The van der Waals surface area contributed by atoms with Gasteiger partial charge in [-0.3, -0.25) is 4.79 Å². The number of rotatable bonds is 3. The fourth-order valence-electron chi connectivity index (χ4n) is 2.85. The van der Waals surface area contributed by atoms with Crippen LogP contribution in [0.25, 0.3) is 21.5 Å². The first-order valence-electron chi connectivity index (χ1n) is 7.28. The quantitative estimate of drug-likeness (QED) is 0.614. The second-order valence-electron chi connectivity index (χ2n) is 5.38. The minimum atomic E-state index is -1.09. The van der Waals surface area contributed by atoms with Gasteiger partial charge >= 0.3 is 51.4 Å². The van der Waals surface area contributed by atoms with E-state index < -0.39 is 11.9 Å². The van der Waals surface area contributed by atoms with Crippen LogP contribution in [0.3, 0.4) is 0 Å². The molecule has 4 heteroatoms. The van der Waals surface area contributed by atoms with Gasteiger partial charge in [-0.05, 0) is 22.8 Å². The van der Waals surface area contributed by atoms with Crippen molar-refractivity contribution in [2.45, 2.75) is 19.3 Å². The number of carbonyl (C=O) groups excluding carboxylic acids is 1. The monoisotopic (exact) mass is 330 g/mol. The Morgan fingerprint density at radius 3 is 2.35 bits per heavy atom. The second-order valence-corrected chi connectivity index (χ2v) is 5.38. The molecule has 0 N–H and O–H groups in total. The molecule has 0 aliphatic heterocycles. The predicted molar refractivity (Wildman–Crippen MR) is 85.8 cm³/mol. The van der Waals surface area contributed by atoms with E-state index in [4.69, 9.17) is 0 Å². The summed E-state index contributed by atoms with van der Waals surface area (Å²) in [5.74, 6) is -1.74. The van der Waals surface area contributed by atoms with E-state index in [0.29, 0.717) is 22.8 Å². The smallest absolute Gasteiger partial charge is 0.549 e. The Morgan fingerprint density at radius 1 is 1.00 bits per heavy atom. The molecule has 0 saturated heterocycles. The number of fused-ring (bicyclic) bond motifs is 2. The minimum Gasteiger partial charge on any atom is -0.549 e. The maximum atomic E-state index is 12.6. The number of carboxylic acid groups (broad SMARTS) is 1. The molecule has 1 unspecified atom stereocenters. The molecule has 23 heavy (non-hydrogen) atoms. The Kier molecular flexibility index (Phi) is 6.11. The van der Waals surface area contributed by atoms with Crippen molar-refractivity contribution in [2.24, 2.45) is 0 Å². The summed E-state index contributed by atoms with van der Waals surface area (Å²) in [7, 11) is 0. The van der Waals surface area contributed by atoms with Crippen molar-refractivity contribution in [3.63, 3.8) is 0 Å². The topological polar surface area (TPSA) is 57.2 Å². The van der Waals surface area contributed by atoms with Gasteiger partial charge < -0.3 is 9.90 Å². The van der Waals surface area contributed by atoms with Gasteiger partial charge in [0.25, 0.3) is 0 Å². The van der Waals surface area contributed by atoms with E-state index in [1.807, 2.05) is 37.3 Å². The number of hydrogen-bond donors (Lipinski definition) is 0. The molecule has 0 bridgehead atoms. The SMILES string of the molecule is CCC(C(=O)[O-])c1ccc2c(=O)c3ccccc3ccc2c1.[K+]. The van der Waals surface area contributed by atoms with Gasteiger partial charge in [0.2, 0.25) is 0 Å². The summed E-state index contributed by atoms with van der Waals surface area (Å²) >= 11 is 0. The fourth-order valence-corrected chi connectivity index (χ4v) is 2.85. The van der Waals surface area contributed by atoms with Crippen LogP contribution >= 0.6 is 0 Å². The zero-order valence-electron chi connectivity index (χ0n) is 13.2. The summed E-state index contributed by atoms with van der Waals surface area (Å²) in [6, 6.07) is 16.4. The number of hydrogen-bond acceptors (Lipinski definition) is 3. The van der Waals surface area contributed by atoms with Gasteiger partial charge in [-0.25, -0.2) is 0 Å². The number of aliphatic carboxylic acids is 1. The van der Waals surface area contributed by atoms with E-state index >= 15 is 0 Å². The van der Waals surface area contributed by atoms with E-state index in [-0.39, 0.29) is 56.8 Å². The summed E-state index contributed by atoms with van der Waals surface area (Å²) in [6.45, 7) is 1.81. The third kappa shape index (κ3) is 3.57. The van der Waals surface area contributed by atoms with Crippen molar-refractivity contribution >= 4 is 27.5 Å². The predicted octanol–water partition coefficient (Wildman–Crippen LogP) is -0.399. The van der Waals surface area contributed by atoms with Crippen LogP contribution in [0.4, 0.5) is 0 Å². The Morgan fingerprint density at radius 2 is 1.65 bits per heavy atom. The average molecular weight is 330 g/mol.